The van der Waals surface area contributed by atoms with E-state index in [1.807, 2.05) is 0 Å². The van der Waals surface area contributed by atoms with Crippen LogP contribution in [0.5, 0.6) is 5.88 Å². The molecule has 0 saturated carbocycles. The van der Waals surface area contributed by atoms with Gasteiger partial charge in [-0.1, -0.05) is 0 Å². The lowest BCUT2D eigenvalue weighted by Crippen LogP contribution is -2.26. The second kappa shape index (κ2) is 2.45. The number of aromatic hydroxyl groups is 1. The summed E-state index contributed by atoms with van der Waals surface area (Å²) in [5.41, 5.74) is -0.155. The molecule has 0 radical (unpaired) electrons. The van der Waals surface area contributed by atoms with Gasteiger partial charge in [-0.05, 0) is 6.07 Å². The lowest BCUT2D eigenvalue weighted by atomic mass is 10.3. The van der Waals surface area contributed by atoms with Crippen LogP contribution >= 0.6 is 0 Å². The van der Waals surface area contributed by atoms with Crippen molar-refractivity contribution in [2.75, 3.05) is 0 Å². The van der Waals surface area contributed by atoms with Crippen molar-refractivity contribution in [3.63, 3.8) is 0 Å². The molecular formula is C6H5NO4. The van der Waals surface area contributed by atoms with Crippen molar-refractivity contribution >= 4 is 5.97 Å². The first-order valence-electron chi connectivity index (χ1n) is 2.77. The molecule has 1 aromatic rings. The number of carboxylic acids is 1. The van der Waals surface area contributed by atoms with E-state index in [9.17, 15) is 10.0 Å². The number of aromatic nitrogens is 1. The van der Waals surface area contributed by atoms with E-state index in [0.29, 0.717) is 0 Å². The van der Waals surface area contributed by atoms with Gasteiger partial charge in [-0.2, -0.15) is 0 Å². The smallest absolute Gasteiger partial charge is 0.376 e. The van der Waals surface area contributed by atoms with Crippen LogP contribution in [-0.2, 0) is 0 Å². The summed E-state index contributed by atoms with van der Waals surface area (Å²) in [6, 6.07) is 2.17. The molecule has 0 amide bonds. The molecule has 0 aliphatic heterocycles. The van der Waals surface area contributed by atoms with Crippen LogP contribution < -0.4 is 4.73 Å². The van der Waals surface area contributed by atoms with Gasteiger partial charge < -0.3 is 15.4 Å². The summed E-state index contributed by atoms with van der Waals surface area (Å²) in [4.78, 5) is 10.2. The Morgan fingerprint density at radius 3 is 2.64 bits per heavy atom. The Labute approximate surface area is 61.7 Å². The Hall–Kier alpha value is -1.78. The summed E-state index contributed by atoms with van der Waals surface area (Å²) in [6.07, 6.45) is 0.789. The number of hydrogen-bond acceptors (Lipinski definition) is 3. The molecule has 11 heavy (non-hydrogen) atoms. The van der Waals surface area contributed by atoms with Gasteiger partial charge in [0, 0.05) is 0 Å². The zero-order chi connectivity index (χ0) is 8.43. The number of carboxylic acid groups (broad SMARTS) is 1. The minimum Gasteiger partial charge on any atom is -0.616 e. The molecule has 5 nitrogen and oxygen atoms in total. The number of aromatic carboxylic acids is 1. The summed E-state index contributed by atoms with van der Waals surface area (Å²) in [5, 5.41) is 27.6. The van der Waals surface area contributed by atoms with E-state index in [4.69, 9.17) is 10.2 Å². The number of rotatable bonds is 1. The fraction of sp³-hybridized carbons (Fsp3) is 0. The molecule has 0 unspecified atom stereocenters. The molecule has 1 heterocycles. The van der Waals surface area contributed by atoms with E-state index in [1.54, 1.807) is 0 Å². The Bertz CT molecular complexity index is 297. The van der Waals surface area contributed by atoms with E-state index in [0.717, 1.165) is 18.3 Å². The van der Waals surface area contributed by atoms with Gasteiger partial charge in [-0.25, -0.2) is 4.79 Å². The largest absolute Gasteiger partial charge is 0.616 e. The van der Waals surface area contributed by atoms with Crippen LogP contribution in [0.1, 0.15) is 10.4 Å². The van der Waals surface area contributed by atoms with Gasteiger partial charge in [0.1, 0.15) is 5.56 Å². The molecule has 0 fully saturated rings. The van der Waals surface area contributed by atoms with Crippen LogP contribution in [0.25, 0.3) is 0 Å². The van der Waals surface area contributed by atoms with Crippen LogP contribution in [-0.4, -0.2) is 16.2 Å². The molecule has 1 rings (SSSR count). The first kappa shape index (κ1) is 7.33. The summed E-state index contributed by atoms with van der Waals surface area (Å²) in [5.74, 6) is -1.72. The third kappa shape index (κ3) is 1.37. The summed E-state index contributed by atoms with van der Waals surface area (Å²) < 4.78 is 0.0868. The van der Waals surface area contributed by atoms with Gasteiger partial charge in [-0.15, -0.1) is 4.73 Å². The predicted molar refractivity (Wildman–Crippen MR) is 34.0 cm³/mol. The molecular weight excluding hydrogens is 150 g/mol. The Morgan fingerprint density at radius 1 is 1.55 bits per heavy atom. The fourth-order valence-electron chi connectivity index (χ4n) is 0.600. The number of nitrogens with zero attached hydrogens (tertiary/aromatic N) is 1. The lowest BCUT2D eigenvalue weighted by molar-refractivity contribution is -0.613. The third-order valence-electron chi connectivity index (χ3n) is 1.14. The van der Waals surface area contributed by atoms with Crippen molar-refractivity contribution in [2.24, 2.45) is 0 Å². The zero-order valence-corrected chi connectivity index (χ0v) is 5.39. The minimum atomic E-state index is -1.20. The van der Waals surface area contributed by atoms with Crippen molar-refractivity contribution in [1.82, 2.24) is 0 Å². The van der Waals surface area contributed by atoms with Gasteiger partial charge in [0.15, 0.2) is 6.20 Å². The van der Waals surface area contributed by atoms with Gasteiger partial charge >= 0.3 is 11.8 Å². The third-order valence-corrected chi connectivity index (χ3v) is 1.14. The van der Waals surface area contributed by atoms with Crippen LogP contribution in [0, 0.1) is 5.21 Å². The van der Waals surface area contributed by atoms with Crippen LogP contribution in [0.15, 0.2) is 18.3 Å². The van der Waals surface area contributed by atoms with E-state index < -0.39 is 11.8 Å². The van der Waals surface area contributed by atoms with Gasteiger partial charge in [0.05, 0.1) is 6.07 Å². The van der Waals surface area contributed by atoms with Crippen molar-refractivity contribution in [2.45, 2.75) is 0 Å². The number of hydrogen-bond donors (Lipinski definition) is 2. The average molecular weight is 155 g/mol. The van der Waals surface area contributed by atoms with Gasteiger partial charge in [0.2, 0.25) is 0 Å². The molecule has 0 atom stereocenters. The summed E-state index contributed by atoms with van der Waals surface area (Å²) in [7, 11) is 0. The standard InChI is InChI=1S/C6H5NO4/c8-5-2-1-4(6(9)10)3-7(5)11/h1-3,8H,(H,9,10). The zero-order valence-electron chi connectivity index (χ0n) is 5.39. The Balaban J connectivity index is 3.15. The predicted octanol–water partition coefficient (Wildman–Crippen LogP) is -0.276. The Morgan fingerprint density at radius 2 is 2.18 bits per heavy atom. The normalized spacial score (nSPS) is 9.45. The SMILES string of the molecule is O=C(O)c1ccc(O)[n+]([O-])c1. The highest BCUT2D eigenvalue weighted by atomic mass is 16.5. The number of pyridine rings is 1. The molecule has 58 valence electrons. The van der Waals surface area contributed by atoms with E-state index in [-0.39, 0.29) is 10.3 Å². The highest BCUT2D eigenvalue weighted by molar-refractivity contribution is 5.86. The molecule has 0 aromatic carbocycles. The van der Waals surface area contributed by atoms with Crippen molar-refractivity contribution < 1.29 is 19.7 Å². The van der Waals surface area contributed by atoms with E-state index >= 15 is 0 Å². The van der Waals surface area contributed by atoms with Crippen molar-refractivity contribution in [3.05, 3.63) is 29.1 Å². The lowest BCUT2D eigenvalue weighted by Gasteiger charge is -1.97. The topological polar surface area (TPSA) is 84.5 Å². The first-order chi connectivity index (χ1) is 5.11. The fourth-order valence-corrected chi connectivity index (χ4v) is 0.600. The summed E-state index contributed by atoms with van der Waals surface area (Å²) in [6.45, 7) is 0. The van der Waals surface area contributed by atoms with E-state index in [1.165, 1.54) is 0 Å². The van der Waals surface area contributed by atoms with Crippen LogP contribution in [0.3, 0.4) is 0 Å². The number of carbonyl (C=O) groups is 1. The maximum Gasteiger partial charge on any atom is 0.376 e. The van der Waals surface area contributed by atoms with E-state index in [2.05, 4.69) is 0 Å². The maximum atomic E-state index is 10.5. The molecule has 0 aliphatic rings. The second-order valence-electron chi connectivity index (χ2n) is 1.91. The highest BCUT2D eigenvalue weighted by Crippen LogP contribution is 2.01. The summed E-state index contributed by atoms with van der Waals surface area (Å²) >= 11 is 0. The molecule has 0 bridgehead atoms. The molecule has 0 aliphatic carbocycles. The highest BCUT2D eigenvalue weighted by Gasteiger charge is 2.08. The molecule has 0 saturated heterocycles. The van der Waals surface area contributed by atoms with Gasteiger partial charge in [-0.3, -0.25) is 0 Å². The average Bonchev–Trinajstić information content (AvgIpc) is 1.94. The molecule has 0 spiro atoms. The molecule has 2 N–H and O–H groups in total. The maximum absolute atomic E-state index is 10.5. The molecule has 5 heteroatoms. The van der Waals surface area contributed by atoms with Crippen LogP contribution in [0.4, 0.5) is 0 Å². The monoisotopic (exact) mass is 155 g/mol. The van der Waals surface area contributed by atoms with Crippen molar-refractivity contribution in [1.29, 1.82) is 0 Å². The molecule has 1 aromatic heterocycles. The van der Waals surface area contributed by atoms with Crippen molar-refractivity contribution in [3.8, 4) is 5.88 Å². The minimum absolute atomic E-state index is 0.0868. The Kier molecular flexibility index (Phi) is 1.63. The van der Waals surface area contributed by atoms with Crippen LogP contribution in [0.2, 0.25) is 0 Å². The first-order valence-corrected chi connectivity index (χ1v) is 2.77. The quantitative estimate of drug-likeness (QED) is 0.431. The van der Waals surface area contributed by atoms with Gasteiger partial charge in [0.25, 0.3) is 0 Å². The second-order valence-corrected chi connectivity index (χ2v) is 1.91.